The lowest BCUT2D eigenvalue weighted by Gasteiger charge is -2.11. The van der Waals surface area contributed by atoms with Crippen molar-refractivity contribution < 1.29 is 14.2 Å². The van der Waals surface area contributed by atoms with Crippen molar-refractivity contribution in [1.82, 2.24) is 10.6 Å². The number of nitrogens with zero attached hydrogens (tertiary/aromatic N) is 1. The van der Waals surface area contributed by atoms with E-state index in [2.05, 4.69) is 22.5 Å². The molecule has 0 saturated heterocycles. The summed E-state index contributed by atoms with van der Waals surface area (Å²) in [7, 11) is 0. The Kier molecular flexibility index (Phi) is 7.52. The molecule has 1 aromatic carbocycles. The molecular weight excluding hydrogens is 294 g/mol. The van der Waals surface area contributed by atoms with Gasteiger partial charge in [0.25, 0.3) is 0 Å². The van der Waals surface area contributed by atoms with Gasteiger partial charge < -0.3 is 24.8 Å². The maximum absolute atomic E-state index is 5.39. The Balaban J connectivity index is 1.78. The van der Waals surface area contributed by atoms with Crippen LogP contribution in [0, 0.1) is 0 Å². The van der Waals surface area contributed by atoms with E-state index in [4.69, 9.17) is 14.2 Å². The van der Waals surface area contributed by atoms with E-state index in [0.29, 0.717) is 13.3 Å². The highest BCUT2D eigenvalue weighted by Crippen LogP contribution is 2.32. The predicted octanol–water partition coefficient (Wildman–Crippen LogP) is 2.29. The van der Waals surface area contributed by atoms with Crippen LogP contribution in [0.4, 0.5) is 0 Å². The van der Waals surface area contributed by atoms with Crippen LogP contribution in [0.2, 0.25) is 0 Å². The fourth-order valence-corrected chi connectivity index (χ4v) is 2.23. The van der Waals surface area contributed by atoms with Gasteiger partial charge in [-0.2, -0.15) is 0 Å². The molecule has 2 N–H and O–H groups in total. The van der Waals surface area contributed by atoms with Crippen LogP contribution in [0.25, 0.3) is 0 Å². The van der Waals surface area contributed by atoms with Gasteiger partial charge in [-0.05, 0) is 44.4 Å². The van der Waals surface area contributed by atoms with Crippen molar-refractivity contribution in [2.75, 3.05) is 33.1 Å². The summed E-state index contributed by atoms with van der Waals surface area (Å²) in [4.78, 5) is 4.61. The first-order valence-electron chi connectivity index (χ1n) is 8.32. The molecule has 1 aliphatic rings. The molecule has 0 bridgehead atoms. The molecule has 6 heteroatoms. The van der Waals surface area contributed by atoms with Crippen molar-refractivity contribution >= 4 is 5.96 Å². The molecule has 0 unspecified atom stereocenters. The molecule has 23 heavy (non-hydrogen) atoms. The third-order valence-corrected chi connectivity index (χ3v) is 3.41. The molecule has 6 nitrogen and oxygen atoms in total. The molecule has 1 aliphatic heterocycles. The number of ether oxygens (including phenoxy) is 3. The Morgan fingerprint density at radius 1 is 1.17 bits per heavy atom. The van der Waals surface area contributed by atoms with E-state index in [1.165, 1.54) is 0 Å². The first kappa shape index (κ1) is 17.4. The summed E-state index contributed by atoms with van der Waals surface area (Å²) in [6.07, 6.45) is 2.12. The van der Waals surface area contributed by atoms with Gasteiger partial charge in [0.1, 0.15) is 0 Å². The fourth-order valence-electron chi connectivity index (χ4n) is 2.23. The van der Waals surface area contributed by atoms with Crippen molar-refractivity contribution in [2.24, 2.45) is 4.99 Å². The number of benzene rings is 1. The minimum atomic E-state index is 0.300. The summed E-state index contributed by atoms with van der Waals surface area (Å²) >= 11 is 0. The summed E-state index contributed by atoms with van der Waals surface area (Å²) in [5, 5.41) is 6.61. The van der Waals surface area contributed by atoms with E-state index < -0.39 is 0 Å². The molecule has 0 aromatic heterocycles. The van der Waals surface area contributed by atoms with Crippen LogP contribution in [-0.2, 0) is 11.3 Å². The van der Waals surface area contributed by atoms with E-state index in [-0.39, 0.29) is 0 Å². The quantitative estimate of drug-likeness (QED) is 0.415. The largest absolute Gasteiger partial charge is 0.454 e. The zero-order valence-corrected chi connectivity index (χ0v) is 14.1. The van der Waals surface area contributed by atoms with Crippen LogP contribution in [0.1, 0.15) is 32.3 Å². The molecule has 2 rings (SSSR count). The Hall–Kier alpha value is -1.95. The van der Waals surface area contributed by atoms with Crippen molar-refractivity contribution in [3.8, 4) is 11.5 Å². The second kappa shape index (κ2) is 9.94. The van der Waals surface area contributed by atoms with Crippen molar-refractivity contribution in [3.05, 3.63) is 23.8 Å². The number of nitrogens with one attached hydrogen (secondary N) is 2. The molecule has 128 valence electrons. The summed E-state index contributed by atoms with van der Waals surface area (Å²) in [6.45, 7) is 8.32. The van der Waals surface area contributed by atoms with Gasteiger partial charge in [-0.3, -0.25) is 0 Å². The monoisotopic (exact) mass is 321 g/mol. The number of unbranched alkanes of at least 4 members (excludes halogenated alkanes) is 1. The maximum atomic E-state index is 5.39. The molecule has 0 saturated carbocycles. The molecule has 0 aliphatic carbocycles. The summed E-state index contributed by atoms with van der Waals surface area (Å²) in [5.74, 6) is 2.44. The number of hydrogen-bond acceptors (Lipinski definition) is 4. The van der Waals surface area contributed by atoms with Crippen LogP contribution in [0.3, 0.4) is 0 Å². The number of aliphatic imine (C=N–C) groups is 1. The van der Waals surface area contributed by atoms with Gasteiger partial charge >= 0.3 is 0 Å². The molecule has 0 atom stereocenters. The van der Waals surface area contributed by atoms with Gasteiger partial charge in [-0.25, -0.2) is 4.99 Å². The third kappa shape index (κ3) is 5.98. The van der Waals surface area contributed by atoms with Crippen LogP contribution in [0.15, 0.2) is 23.2 Å². The van der Waals surface area contributed by atoms with Gasteiger partial charge in [0.05, 0.1) is 6.54 Å². The highest BCUT2D eigenvalue weighted by atomic mass is 16.7. The Labute approximate surface area is 138 Å². The average molecular weight is 321 g/mol. The van der Waals surface area contributed by atoms with Crippen molar-refractivity contribution in [1.29, 1.82) is 0 Å². The van der Waals surface area contributed by atoms with Gasteiger partial charge in [-0.1, -0.05) is 6.07 Å². The number of rotatable bonds is 9. The molecular formula is C17H27N3O3. The number of fused-ring (bicyclic) bond motifs is 1. The van der Waals surface area contributed by atoms with Crippen LogP contribution >= 0.6 is 0 Å². The second-order valence-electron chi connectivity index (χ2n) is 5.21. The van der Waals surface area contributed by atoms with Crippen molar-refractivity contribution in [3.63, 3.8) is 0 Å². The summed E-state index contributed by atoms with van der Waals surface area (Å²) in [5.41, 5.74) is 1.10. The highest BCUT2D eigenvalue weighted by Gasteiger charge is 2.12. The molecule has 0 radical (unpaired) electrons. The molecule has 0 amide bonds. The van der Waals surface area contributed by atoms with E-state index in [0.717, 1.165) is 62.2 Å². The zero-order valence-electron chi connectivity index (χ0n) is 14.1. The van der Waals surface area contributed by atoms with Gasteiger partial charge in [-0.15, -0.1) is 0 Å². The summed E-state index contributed by atoms with van der Waals surface area (Å²) in [6, 6.07) is 5.93. The number of guanidine groups is 1. The third-order valence-electron chi connectivity index (χ3n) is 3.41. The normalized spacial score (nSPS) is 13.2. The number of hydrogen-bond donors (Lipinski definition) is 2. The minimum absolute atomic E-state index is 0.300. The van der Waals surface area contributed by atoms with Crippen LogP contribution in [-0.4, -0.2) is 39.1 Å². The van der Waals surface area contributed by atoms with E-state index in [9.17, 15) is 0 Å². The molecule has 0 spiro atoms. The molecule has 0 fully saturated rings. The minimum Gasteiger partial charge on any atom is -0.454 e. The zero-order chi connectivity index (χ0) is 16.3. The van der Waals surface area contributed by atoms with Crippen molar-refractivity contribution in [2.45, 2.75) is 33.2 Å². The molecule has 1 aromatic rings. The maximum Gasteiger partial charge on any atom is 0.231 e. The van der Waals surface area contributed by atoms with Gasteiger partial charge in [0.2, 0.25) is 6.79 Å². The predicted molar refractivity (Wildman–Crippen MR) is 91.1 cm³/mol. The fraction of sp³-hybridized carbons (Fsp3) is 0.588. The first-order valence-corrected chi connectivity index (χ1v) is 8.32. The Morgan fingerprint density at radius 2 is 2.04 bits per heavy atom. The molecule has 1 heterocycles. The van der Waals surface area contributed by atoms with E-state index >= 15 is 0 Å². The highest BCUT2D eigenvalue weighted by molar-refractivity contribution is 5.79. The van der Waals surface area contributed by atoms with Crippen LogP contribution < -0.4 is 20.1 Å². The van der Waals surface area contributed by atoms with E-state index in [1.807, 2.05) is 25.1 Å². The standard InChI is InChI=1S/C17H27N3O3/c1-3-18-17(19-9-5-6-10-21-4-2)20-12-14-7-8-15-16(11-14)23-13-22-15/h7-8,11H,3-6,9-10,12-13H2,1-2H3,(H2,18,19,20). The second-order valence-corrected chi connectivity index (χ2v) is 5.21. The van der Waals surface area contributed by atoms with E-state index in [1.54, 1.807) is 0 Å². The van der Waals surface area contributed by atoms with Gasteiger partial charge in [0, 0.05) is 26.3 Å². The van der Waals surface area contributed by atoms with Gasteiger partial charge in [0.15, 0.2) is 17.5 Å². The topological polar surface area (TPSA) is 64.1 Å². The van der Waals surface area contributed by atoms with Crippen LogP contribution in [0.5, 0.6) is 11.5 Å². The summed E-state index contributed by atoms with van der Waals surface area (Å²) < 4.78 is 16.0. The Bertz CT molecular complexity index is 506. The lowest BCUT2D eigenvalue weighted by atomic mass is 10.2. The Morgan fingerprint density at radius 3 is 2.87 bits per heavy atom. The first-order chi connectivity index (χ1) is 11.3. The lowest BCUT2D eigenvalue weighted by molar-refractivity contribution is 0.143. The SMILES string of the molecule is CCNC(=NCc1ccc2c(c1)OCO2)NCCCCOCC. The average Bonchev–Trinajstić information content (AvgIpc) is 3.03. The lowest BCUT2D eigenvalue weighted by Crippen LogP contribution is -2.37. The smallest absolute Gasteiger partial charge is 0.231 e.